The average molecular weight is 386 g/mol. The number of hydrogen-bond donors (Lipinski definition) is 2. The van der Waals surface area contributed by atoms with E-state index in [-0.39, 0.29) is 17.9 Å². The normalized spacial score (nSPS) is 16.8. The average Bonchev–Trinajstić information content (AvgIpc) is 3.12. The molecule has 2 amide bonds. The zero-order valence-corrected chi connectivity index (χ0v) is 16.9. The molecular weight excluding hydrogens is 358 g/mol. The predicted molar refractivity (Wildman–Crippen MR) is 110 cm³/mol. The first kappa shape index (κ1) is 19.6. The molecule has 0 aliphatic carbocycles. The Balaban J connectivity index is 1.64. The van der Waals surface area contributed by atoms with Gasteiger partial charge in [-0.05, 0) is 48.4 Å². The van der Waals surface area contributed by atoms with Crippen LogP contribution in [0.2, 0.25) is 0 Å². The summed E-state index contributed by atoms with van der Waals surface area (Å²) in [7, 11) is 0. The van der Waals surface area contributed by atoms with Crippen LogP contribution in [0.1, 0.15) is 47.6 Å². The summed E-state index contributed by atoms with van der Waals surface area (Å²) in [5.74, 6) is 0.122. The summed E-state index contributed by atoms with van der Waals surface area (Å²) < 4.78 is 0. The molecule has 3 rings (SSSR count). The molecule has 0 bridgehead atoms. The van der Waals surface area contributed by atoms with E-state index in [0.29, 0.717) is 30.3 Å². The Labute approximate surface area is 164 Å². The standard InChI is InChI=1S/C21H27N3O2S/c1-14(2)12-22-21(26)17-6-4-5-7-18(17)23-20(25)13-24-10-8-19-16(15(24)3)9-11-27-19/h4-7,9,11,14-15H,8,10,12-13H2,1-3H3,(H,22,26)(H,23,25). The molecule has 0 radical (unpaired) electrons. The Bertz CT molecular complexity index is 815. The highest BCUT2D eigenvalue weighted by molar-refractivity contribution is 7.10. The van der Waals surface area contributed by atoms with Crippen molar-refractivity contribution in [3.63, 3.8) is 0 Å². The van der Waals surface area contributed by atoms with Crippen LogP contribution in [0.25, 0.3) is 0 Å². The summed E-state index contributed by atoms with van der Waals surface area (Å²) in [5, 5.41) is 7.96. The largest absolute Gasteiger partial charge is 0.352 e. The van der Waals surface area contributed by atoms with Gasteiger partial charge in [0.25, 0.3) is 5.91 Å². The van der Waals surface area contributed by atoms with Gasteiger partial charge in [0.05, 0.1) is 17.8 Å². The van der Waals surface area contributed by atoms with E-state index in [1.807, 2.05) is 26.0 Å². The van der Waals surface area contributed by atoms with Crippen LogP contribution in [0.3, 0.4) is 0 Å². The molecule has 2 heterocycles. The van der Waals surface area contributed by atoms with Crippen molar-refractivity contribution in [2.75, 3.05) is 25.0 Å². The summed E-state index contributed by atoms with van der Waals surface area (Å²) in [6.07, 6.45) is 0.985. The number of nitrogens with one attached hydrogen (secondary N) is 2. The molecule has 0 spiro atoms. The third-order valence-corrected chi connectivity index (χ3v) is 5.86. The molecule has 144 valence electrons. The van der Waals surface area contributed by atoms with Crippen molar-refractivity contribution in [2.24, 2.45) is 5.92 Å². The molecule has 27 heavy (non-hydrogen) atoms. The van der Waals surface area contributed by atoms with Gasteiger partial charge in [-0.1, -0.05) is 26.0 Å². The molecule has 6 heteroatoms. The van der Waals surface area contributed by atoms with Crippen LogP contribution in [0.4, 0.5) is 5.69 Å². The smallest absolute Gasteiger partial charge is 0.253 e. The van der Waals surface area contributed by atoms with Gasteiger partial charge in [0.1, 0.15) is 0 Å². The highest BCUT2D eigenvalue weighted by Gasteiger charge is 2.26. The van der Waals surface area contributed by atoms with Gasteiger partial charge < -0.3 is 10.6 Å². The van der Waals surface area contributed by atoms with Gasteiger partial charge in [0.15, 0.2) is 0 Å². The van der Waals surface area contributed by atoms with Crippen LogP contribution in [0.5, 0.6) is 0 Å². The lowest BCUT2D eigenvalue weighted by Gasteiger charge is -2.33. The molecule has 1 aliphatic heterocycles. The number of carbonyl (C=O) groups excluding carboxylic acids is 2. The maximum absolute atomic E-state index is 12.6. The number of hydrogen-bond acceptors (Lipinski definition) is 4. The van der Waals surface area contributed by atoms with Gasteiger partial charge >= 0.3 is 0 Å². The Morgan fingerprint density at radius 2 is 2.04 bits per heavy atom. The van der Waals surface area contributed by atoms with E-state index >= 15 is 0 Å². The quantitative estimate of drug-likeness (QED) is 0.797. The van der Waals surface area contributed by atoms with E-state index in [9.17, 15) is 9.59 Å². The second-order valence-corrected chi connectivity index (χ2v) is 8.39. The van der Waals surface area contributed by atoms with Crippen molar-refractivity contribution >= 4 is 28.8 Å². The number of rotatable bonds is 6. The third kappa shape index (κ3) is 4.76. The molecule has 2 aromatic rings. The van der Waals surface area contributed by atoms with Gasteiger partial charge in [-0.15, -0.1) is 11.3 Å². The molecule has 1 aliphatic rings. The zero-order valence-electron chi connectivity index (χ0n) is 16.1. The number of carbonyl (C=O) groups is 2. The lowest BCUT2D eigenvalue weighted by molar-refractivity contribution is -0.117. The monoisotopic (exact) mass is 385 g/mol. The first-order chi connectivity index (χ1) is 13.0. The number of thiophene rings is 1. The molecule has 1 aromatic carbocycles. The van der Waals surface area contributed by atoms with Crippen molar-refractivity contribution in [1.82, 2.24) is 10.2 Å². The minimum atomic E-state index is -0.158. The first-order valence-corrected chi connectivity index (χ1v) is 10.3. The number of fused-ring (bicyclic) bond motifs is 1. The third-order valence-electron chi connectivity index (χ3n) is 4.87. The number of benzene rings is 1. The Morgan fingerprint density at radius 1 is 1.26 bits per heavy atom. The van der Waals surface area contributed by atoms with Crippen molar-refractivity contribution in [1.29, 1.82) is 0 Å². The fraction of sp³-hybridized carbons (Fsp3) is 0.429. The van der Waals surface area contributed by atoms with Crippen molar-refractivity contribution in [3.05, 3.63) is 51.7 Å². The molecule has 0 saturated carbocycles. The highest BCUT2D eigenvalue weighted by Crippen LogP contribution is 2.32. The van der Waals surface area contributed by atoms with Crippen LogP contribution in [0.15, 0.2) is 35.7 Å². The number of amides is 2. The summed E-state index contributed by atoms with van der Waals surface area (Å²) in [4.78, 5) is 28.7. The van der Waals surface area contributed by atoms with Crippen LogP contribution in [-0.2, 0) is 11.2 Å². The number of anilines is 1. The molecular formula is C21H27N3O2S. The summed E-state index contributed by atoms with van der Waals surface area (Å²) in [6.45, 7) is 8.04. The van der Waals surface area contributed by atoms with E-state index in [1.54, 1.807) is 23.5 Å². The number of nitrogens with zero attached hydrogens (tertiary/aromatic N) is 1. The minimum absolute atomic E-state index is 0.0929. The lowest BCUT2D eigenvalue weighted by Crippen LogP contribution is -2.39. The van der Waals surface area contributed by atoms with Gasteiger partial charge in [-0.2, -0.15) is 0 Å². The van der Waals surface area contributed by atoms with Crippen molar-refractivity contribution < 1.29 is 9.59 Å². The van der Waals surface area contributed by atoms with Crippen LogP contribution in [-0.4, -0.2) is 36.3 Å². The SMILES string of the molecule is CC(C)CNC(=O)c1ccccc1NC(=O)CN1CCc2sccc2C1C. The van der Waals surface area contributed by atoms with Crippen molar-refractivity contribution in [3.8, 4) is 0 Å². The lowest BCUT2D eigenvalue weighted by atomic mass is 10.0. The van der Waals surface area contributed by atoms with E-state index in [4.69, 9.17) is 0 Å². The molecule has 1 atom stereocenters. The summed E-state index contributed by atoms with van der Waals surface area (Å²) in [6, 6.07) is 9.55. The van der Waals surface area contributed by atoms with Gasteiger partial charge in [0.2, 0.25) is 5.91 Å². The first-order valence-electron chi connectivity index (χ1n) is 9.43. The summed E-state index contributed by atoms with van der Waals surface area (Å²) >= 11 is 1.79. The molecule has 1 aromatic heterocycles. The second-order valence-electron chi connectivity index (χ2n) is 7.39. The van der Waals surface area contributed by atoms with Gasteiger partial charge in [-0.3, -0.25) is 14.5 Å². The molecule has 0 fully saturated rings. The maximum Gasteiger partial charge on any atom is 0.253 e. The van der Waals surface area contributed by atoms with Gasteiger partial charge in [0, 0.05) is 24.0 Å². The Hall–Kier alpha value is -2.18. The van der Waals surface area contributed by atoms with Crippen LogP contribution in [0, 0.1) is 5.92 Å². The Morgan fingerprint density at radius 3 is 2.81 bits per heavy atom. The van der Waals surface area contributed by atoms with Crippen LogP contribution >= 0.6 is 11.3 Å². The van der Waals surface area contributed by atoms with Gasteiger partial charge in [-0.25, -0.2) is 0 Å². The van der Waals surface area contributed by atoms with E-state index in [0.717, 1.165) is 13.0 Å². The van der Waals surface area contributed by atoms with Crippen molar-refractivity contribution in [2.45, 2.75) is 33.2 Å². The van der Waals surface area contributed by atoms with Crippen LogP contribution < -0.4 is 10.6 Å². The molecule has 5 nitrogen and oxygen atoms in total. The topological polar surface area (TPSA) is 61.4 Å². The number of para-hydroxylation sites is 1. The van der Waals surface area contributed by atoms with E-state index in [2.05, 4.69) is 33.9 Å². The molecule has 0 saturated heterocycles. The predicted octanol–water partition coefficient (Wildman–Crippen LogP) is 3.69. The highest BCUT2D eigenvalue weighted by atomic mass is 32.1. The fourth-order valence-corrected chi connectivity index (χ4v) is 4.30. The second kappa shape index (κ2) is 8.67. The molecule has 2 N–H and O–H groups in total. The summed E-state index contributed by atoms with van der Waals surface area (Å²) in [5.41, 5.74) is 2.38. The zero-order chi connectivity index (χ0) is 19.4. The Kier molecular flexibility index (Phi) is 6.29. The fourth-order valence-electron chi connectivity index (χ4n) is 3.33. The maximum atomic E-state index is 12.6. The van der Waals surface area contributed by atoms with E-state index in [1.165, 1.54) is 10.4 Å². The van der Waals surface area contributed by atoms with E-state index < -0.39 is 0 Å². The minimum Gasteiger partial charge on any atom is -0.352 e. The molecule has 1 unspecified atom stereocenters.